The van der Waals surface area contributed by atoms with E-state index in [1.165, 1.54) is 6.42 Å². The molecule has 1 fully saturated rings. The molecule has 1 aromatic heterocycles. The Kier molecular flexibility index (Phi) is 2.73. The molecule has 0 bridgehead atoms. The van der Waals surface area contributed by atoms with Gasteiger partial charge in [0.1, 0.15) is 0 Å². The number of carbonyl (C=O) groups excluding carboxylic acids is 1. The third-order valence-corrected chi connectivity index (χ3v) is 4.31. The summed E-state index contributed by atoms with van der Waals surface area (Å²) in [6.45, 7) is 2.63. The minimum Gasteiger partial charge on any atom is -0.313 e. The van der Waals surface area contributed by atoms with Crippen LogP contribution in [0.3, 0.4) is 0 Å². The Morgan fingerprint density at radius 1 is 1.35 bits per heavy atom. The number of para-hydroxylation sites is 2. The number of anilines is 1. The van der Waals surface area contributed by atoms with E-state index >= 15 is 0 Å². The zero-order chi connectivity index (χ0) is 13.5. The predicted octanol–water partition coefficient (Wildman–Crippen LogP) is 1.52. The van der Waals surface area contributed by atoms with Crippen molar-refractivity contribution in [2.24, 2.45) is 0 Å². The first-order valence-electron chi connectivity index (χ1n) is 7.32. The topological polar surface area (TPSA) is 50.2 Å². The molecule has 5 heteroatoms. The van der Waals surface area contributed by atoms with Crippen LogP contribution in [0.4, 0.5) is 5.95 Å². The van der Waals surface area contributed by atoms with Crippen LogP contribution >= 0.6 is 0 Å². The van der Waals surface area contributed by atoms with E-state index in [-0.39, 0.29) is 5.91 Å². The van der Waals surface area contributed by atoms with E-state index in [9.17, 15) is 4.79 Å². The molecule has 5 nitrogen and oxygen atoms in total. The number of aromatic nitrogens is 2. The van der Waals surface area contributed by atoms with Crippen molar-refractivity contribution in [3.05, 3.63) is 24.3 Å². The van der Waals surface area contributed by atoms with E-state index < -0.39 is 0 Å². The van der Waals surface area contributed by atoms with Gasteiger partial charge in [0.25, 0.3) is 0 Å². The Morgan fingerprint density at radius 3 is 3.10 bits per heavy atom. The zero-order valence-corrected chi connectivity index (χ0v) is 11.4. The second kappa shape index (κ2) is 4.59. The Labute approximate surface area is 117 Å². The molecule has 4 rings (SSSR count). The van der Waals surface area contributed by atoms with Crippen LogP contribution in [-0.4, -0.2) is 34.6 Å². The highest BCUT2D eigenvalue weighted by Crippen LogP contribution is 2.28. The van der Waals surface area contributed by atoms with Crippen molar-refractivity contribution >= 4 is 22.9 Å². The molecular formula is C15H18N4O. The van der Waals surface area contributed by atoms with Gasteiger partial charge in [0.2, 0.25) is 11.9 Å². The quantitative estimate of drug-likeness (QED) is 0.900. The molecule has 0 spiro atoms. The number of benzene rings is 1. The third kappa shape index (κ3) is 1.81. The zero-order valence-electron chi connectivity index (χ0n) is 11.4. The van der Waals surface area contributed by atoms with Crippen LogP contribution in [-0.2, 0) is 11.3 Å². The van der Waals surface area contributed by atoms with Crippen molar-refractivity contribution in [3.63, 3.8) is 0 Å². The van der Waals surface area contributed by atoms with Crippen LogP contribution < -0.4 is 10.2 Å². The minimum absolute atomic E-state index is 0.193. The average Bonchev–Trinajstić information content (AvgIpc) is 3.13. The van der Waals surface area contributed by atoms with Gasteiger partial charge in [-0.15, -0.1) is 0 Å². The van der Waals surface area contributed by atoms with E-state index in [2.05, 4.69) is 20.9 Å². The van der Waals surface area contributed by atoms with Gasteiger partial charge in [-0.3, -0.25) is 9.69 Å². The molecule has 1 aromatic carbocycles. The SMILES string of the molecule is O=C(CC1CCCN1)N1CCn2c1nc1ccccc12. The van der Waals surface area contributed by atoms with Crippen molar-refractivity contribution in [3.8, 4) is 0 Å². The van der Waals surface area contributed by atoms with Gasteiger partial charge in [-0.1, -0.05) is 12.1 Å². The lowest BCUT2D eigenvalue weighted by Gasteiger charge is -2.16. The standard InChI is InChI=1S/C15H18N4O/c20-14(10-11-4-3-7-16-11)19-9-8-18-13-6-2-1-5-12(13)17-15(18)19/h1-2,5-6,11,16H,3-4,7-10H2. The second-order valence-corrected chi connectivity index (χ2v) is 5.59. The lowest BCUT2D eigenvalue weighted by Crippen LogP contribution is -2.35. The lowest BCUT2D eigenvalue weighted by atomic mass is 10.1. The van der Waals surface area contributed by atoms with Gasteiger partial charge in [-0.05, 0) is 31.5 Å². The second-order valence-electron chi connectivity index (χ2n) is 5.59. The Morgan fingerprint density at radius 2 is 2.25 bits per heavy atom. The molecule has 2 aromatic rings. The van der Waals surface area contributed by atoms with E-state index in [4.69, 9.17) is 0 Å². The summed E-state index contributed by atoms with van der Waals surface area (Å²) in [5.74, 6) is 1.01. The highest BCUT2D eigenvalue weighted by atomic mass is 16.2. The van der Waals surface area contributed by atoms with Crippen LogP contribution in [0.2, 0.25) is 0 Å². The molecule has 1 saturated heterocycles. The Bertz CT molecular complexity index is 657. The van der Waals surface area contributed by atoms with E-state index in [0.29, 0.717) is 12.5 Å². The molecular weight excluding hydrogens is 252 g/mol. The summed E-state index contributed by atoms with van der Waals surface area (Å²) in [6.07, 6.45) is 2.87. The van der Waals surface area contributed by atoms with Crippen molar-refractivity contribution in [2.75, 3.05) is 18.0 Å². The number of hydrogen-bond donors (Lipinski definition) is 1. The molecule has 1 unspecified atom stereocenters. The van der Waals surface area contributed by atoms with Gasteiger partial charge in [0.05, 0.1) is 11.0 Å². The molecule has 1 N–H and O–H groups in total. The van der Waals surface area contributed by atoms with Gasteiger partial charge in [-0.2, -0.15) is 0 Å². The number of nitrogens with zero attached hydrogens (tertiary/aromatic N) is 3. The number of carbonyl (C=O) groups is 1. The fourth-order valence-electron chi connectivity index (χ4n) is 3.28. The Hall–Kier alpha value is -1.88. The normalized spacial score (nSPS) is 21.6. The first-order valence-corrected chi connectivity index (χ1v) is 7.32. The van der Waals surface area contributed by atoms with E-state index in [1.54, 1.807) is 0 Å². The molecule has 2 aliphatic rings. The lowest BCUT2D eigenvalue weighted by molar-refractivity contribution is -0.118. The Balaban J connectivity index is 1.61. The molecule has 1 amide bonds. The molecule has 0 saturated carbocycles. The summed E-state index contributed by atoms with van der Waals surface area (Å²) < 4.78 is 2.15. The van der Waals surface area contributed by atoms with Gasteiger partial charge in [0, 0.05) is 25.6 Å². The van der Waals surface area contributed by atoms with Crippen molar-refractivity contribution in [1.82, 2.24) is 14.9 Å². The van der Waals surface area contributed by atoms with Crippen LogP contribution in [0.25, 0.3) is 11.0 Å². The summed E-state index contributed by atoms with van der Waals surface area (Å²) in [5, 5.41) is 3.39. The number of nitrogens with one attached hydrogen (secondary N) is 1. The predicted molar refractivity (Wildman–Crippen MR) is 77.7 cm³/mol. The van der Waals surface area contributed by atoms with Crippen molar-refractivity contribution < 1.29 is 4.79 Å². The van der Waals surface area contributed by atoms with Crippen molar-refractivity contribution in [2.45, 2.75) is 31.8 Å². The van der Waals surface area contributed by atoms with Crippen molar-refractivity contribution in [1.29, 1.82) is 0 Å². The maximum absolute atomic E-state index is 12.5. The van der Waals surface area contributed by atoms with Crippen LogP contribution in [0, 0.1) is 0 Å². The highest BCUT2D eigenvalue weighted by molar-refractivity contribution is 5.95. The minimum atomic E-state index is 0.193. The summed E-state index contributed by atoms with van der Waals surface area (Å²) >= 11 is 0. The van der Waals surface area contributed by atoms with E-state index in [0.717, 1.165) is 43.0 Å². The number of rotatable bonds is 2. The summed E-state index contributed by atoms with van der Waals surface area (Å²) in [4.78, 5) is 18.9. The number of amides is 1. The monoisotopic (exact) mass is 270 g/mol. The summed E-state index contributed by atoms with van der Waals surface area (Å²) in [7, 11) is 0. The maximum Gasteiger partial charge on any atom is 0.230 e. The fraction of sp³-hybridized carbons (Fsp3) is 0.467. The molecule has 3 heterocycles. The smallest absolute Gasteiger partial charge is 0.230 e. The summed E-state index contributed by atoms with van der Waals surface area (Å²) in [5.41, 5.74) is 2.09. The van der Waals surface area contributed by atoms with Crippen LogP contribution in [0.5, 0.6) is 0 Å². The van der Waals surface area contributed by atoms with Gasteiger partial charge in [0.15, 0.2) is 0 Å². The number of hydrogen-bond acceptors (Lipinski definition) is 3. The van der Waals surface area contributed by atoms with Gasteiger partial charge >= 0.3 is 0 Å². The van der Waals surface area contributed by atoms with Gasteiger partial charge in [-0.25, -0.2) is 4.98 Å². The third-order valence-electron chi connectivity index (χ3n) is 4.31. The van der Waals surface area contributed by atoms with Crippen LogP contribution in [0.1, 0.15) is 19.3 Å². The molecule has 104 valence electrons. The van der Waals surface area contributed by atoms with Crippen LogP contribution in [0.15, 0.2) is 24.3 Å². The molecule has 2 aliphatic heterocycles. The fourth-order valence-corrected chi connectivity index (χ4v) is 3.28. The highest BCUT2D eigenvalue weighted by Gasteiger charge is 2.30. The average molecular weight is 270 g/mol. The molecule has 0 aliphatic carbocycles. The first kappa shape index (κ1) is 11.9. The molecule has 0 radical (unpaired) electrons. The summed E-state index contributed by atoms with van der Waals surface area (Å²) in [6, 6.07) is 8.42. The number of fused-ring (bicyclic) bond motifs is 3. The maximum atomic E-state index is 12.5. The van der Waals surface area contributed by atoms with Gasteiger partial charge < -0.3 is 9.88 Å². The largest absolute Gasteiger partial charge is 0.313 e. The first-order chi connectivity index (χ1) is 9.83. The number of imidazole rings is 1. The molecule has 20 heavy (non-hydrogen) atoms. The molecule has 1 atom stereocenters. The van der Waals surface area contributed by atoms with E-state index in [1.807, 2.05) is 23.1 Å².